The van der Waals surface area contributed by atoms with Crippen LogP contribution in [0.15, 0.2) is 10.3 Å². The molecule has 18 heteroatoms. The van der Waals surface area contributed by atoms with Gasteiger partial charge in [-0.1, -0.05) is 0 Å². The Balaban J connectivity index is -0.0000000700. The van der Waals surface area contributed by atoms with E-state index in [0.717, 1.165) is 0 Å². The monoisotopic (exact) mass is 315 g/mol. The van der Waals surface area contributed by atoms with Gasteiger partial charge in [0.2, 0.25) is 0 Å². The molecule has 0 aliphatic heterocycles. The molecule has 2 aromatic heterocycles. The van der Waals surface area contributed by atoms with Crippen LogP contribution in [0.2, 0.25) is 0 Å². The van der Waals surface area contributed by atoms with Crippen molar-refractivity contribution < 1.29 is 86.5 Å². The van der Waals surface area contributed by atoms with Crippen LogP contribution in [-0.2, 0) is 0 Å². The summed E-state index contributed by atoms with van der Waals surface area (Å²) in [4.78, 5) is 0. The molecule has 0 saturated carbocycles. The van der Waals surface area contributed by atoms with E-state index in [4.69, 9.17) is 0 Å². The Morgan fingerprint density at radius 2 is 1.65 bits per heavy atom. The van der Waals surface area contributed by atoms with E-state index >= 15 is 0 Å². The van der Waals surface area contributed by atoms with Gasteiger partial charge in [-0.15, -0.1) is 10.4 Å². The Hall–Kier alpha value is -0.660. The second-order valence-corrected chi connectivity index (χ2v) is 1.68. The van der Waals surface area contributed by atoms with Crippen molar-refractivity contribution in [3.05, 3.63) is 5.43 Å². The number of nitrogens with zero attached hydrogens (tertiary/aromatic N) is 10. The molecule has 0 saturated heterocycles. The van der Waals surface area contributed by atoms with Crippen molar-refractivity contribution in [1.82, 2.24) is 41.2 Å². The number of nitrogens with one attached hydrogen (secondary N) is 1. The Kier molecular flexibility index (Phi) is 37.7. The van der Waals surface area contributed by atoms with E-state index in [1.54, 1.807) is 0 Å². The SMILES string of the molecule is N(=N\c1nnn[n-]1)/[N-]c1nn[nH]n1.O.O.O.O.O.[Na+].[Na+]. The maximum atomic E-state index is 3.50. The fourth-order valence-corrected chi connectivity index (χ4v) is 0.481. The summed E-state index contributed by atoms with van der Waals surface area (Å²) in [5.41, 5.74) is 3.45. The van der Waals surface area contributed by atoms with Crippen molar-refractivity contribution in [2.75, 3.05) is 0 Å². The van der Waals surface area contributed by atoms with Crippen LogP contribution in [0.3, 0.4) is 0 Å². The molecule has 11 N–H and O–H groups in total. The number of aromatic amines is 1. The van der Waals surface area contributed by atoms with Crippen LogP contribution in [0.25, 0.3) is 5.43 Å². The van der Waals surface area contributed by atoms with Gasteiger partial charge in [0.1, 0.15) is 11.9 Å². The van der Waals surface area contributed by atoms with Gasteiger partial charge in [-0.3, -0.25) is 5.10 Å². The molecule has 0 aromatic carbocycles. The number of tetrazole rings is 2. The van der Waals surface area contributed by atoms with E-state index < -0.39 is 0 Å². The van der Waals surface area contributed by atoms with Gasteiger partial charge in [-0.25, -0.2) is 31.0 Å². The molecule has 0 radical (unpaired) electrons. The normalized spacial score (nSPS) is 7.00. The quantitative estimate of drug-likeness (QED) is 0.323. The average molecular weight is 315 g/mol. The smallest absolute Gasteiger partial charge is 0.412 e. The van der Waals surface area contributed by atoms with Crippen molar-refractivity contribution in [3.8, 4) is 0 Å². The van der Waals surface area contributed by atoms with Crippen LogP contribution in [0, 0.1) is 0 Å². The molecule has 0 aliphatic carbocycles. The van der Waals surface area contributed by atoms with Gasteiger partial charge in [0, 0.05) is 0 Å². The summed E-state index contributed by atoms with van der Waals surface area (Å²) in [7, 11) is 0. The predicted octanol–water partition coefficient (Wildman–Crippen LogP) is -11.1. The summed E-state index contributed by atoms with van der Waals surface area (Å²) in [6.45, 7) is 0. The zero-order valence-electron chi connectivity index (χ0n) is 10.5. The Morgan fingerprint density at radius 1 is 1.00 bits per heavy atom. The first-order chi connectivity index (χ1) is 6.45. The standard InChI is InChI=1S/C2HN11.2Na.5H2O/c3(1-5-10-11-6-1)9-4-2-7-12-13-8-2;;;;;;;/h(H-2,3,4,5,6,7,8,10,11,12,13);;;5*1H2/q-2;2*+1;;;;;. The third-order valence-electron chi connectivity index (χ3n) is 0.911. The molecule has 2 aromatic rings. The minimum Gasteiger partial charge on any atom is -0.412 e. The molecule has 16 nitrogen and oxygen atoms in total. The third-order valence-corrected chi connectivity index (χ3v) is 0.911. The Bertz CT molecular complexity index is 379. The van der Waals surface area contributed by atoms with Gasteiger partial charge in [0.15, 0.2) is 0 Å². The molecule has 2 rings (SSSR count). The summed E-state index contributed by atoms with van der Waals surface area (Å²) in [6.07, 6.45) is 0. The molecular formula is C2H11N11Na2O5. The molecule has 2 heterocycles. The first-order valence-electron chi connectivity index (χ1n) is 2.99. The van der Waals surface area contributed by atoms with Crippen molar-refractivity contribution in [2.45, 2.75) is 0 Å². The summed E-state index contributed by atoms with van der Waals surface area (Å²) in [5, 5.41) is 32.3. The summed E-state index contributed by atoms with van der Waals surface area (Å²) in [5.74, 6) is 0.0865. The number of rotatable bonds is 3. The Labute approximate surface area is 154 Å². The number of aromatic nitrogens is 8. The van der Waals surface area contributed by atoms with Crippen molar-refractivity contribution in [2.24, 2.45) is 10.3 Å². The van der Waals surface area contributed by atoms with Crippen LogP contribution in [0.4, 0.5) is 11.9 Å². The molecule has 0 amide bonds. The number of H-pyrrole nitrogens is 1. The summed E-state index contributed by atoms with van der Waals surface area (Å²) in [6, 6.07) is 0. The first-order valence-corrected chi connectivity index (χ1v) is 2.99. The van der Waals surface area contributed by atoms with Gasteiger partial charge in [-0.05, 0) is 0 Å². The fourth-order valence-electron chi connectivity index (χ4n) is 0.481. The van der Waals surface area contributed by atoms with E-state index in [1.807, 2.05) is 0 Å². The second kappa shape index (κ2) is 20.7. The largest absolute Gasteiger partial charge is 1.00 e. The van der Waals surface area contributed by atoms with Crippen molar-refractivity contribution in [3.63, 3.8) is 0 Å². The molecule has 0 bridgehead atoms. The van der Waals surface area contributed by atoms with Crippen LogP contribution >= 0.6 is 0 Å². The fraction of sp³-hybridized carbons (Fsp3) is 0. The zero-order valence-corrected chi connectivity index (χ0v) is 14.5. The molecular weight excluding hydrogens is 304 g/mol. The maximum Gasteiger partial charge on any atom is 1.00 e. The molecule has 0 aliphatic rings. The molecule has 106 valence electrons. The minimum atomic E-state index is 0. The van der Waals surface area contributed by atoms with Gasteiger partial charge in [0.05, 0.1) is 0 Å². The average Bonchev–Trinajstić information content (AvgIpc) is 2.75. The number of hydrogen-bond acceptors (Lipinski definition) is 8. The molecule has 0 atom stereocenters. The van der Waals surface area contributed by atoms with Crippen molar-refractivity contribution in [1.29, 1.82) is 0 Å². The first kappa shape index (κ1) is 36.6. The topological polar surface area (TPSA) is 304 Å². The minimum absolute atomic E-state index is 0. The van der Waals surface area contributed by atoms with E-state index in [2.05, 4.69) is 57.0 Å². The van der Waals surface area contributed by atoms with E-state index in [0.29, 0.717) is 0 Å². The predicted molar refractivity (Wildman–Crippen MR) is 52.9 cm³/mol. The maximum absolute atomic E-state index is 3.50. The molecule has 0 unspecified atom stereocenters. The Morgan fingerprint density at radius 3 is 2.10 bits per heavy atom. The molecule has 20 heavy (non-hydrogen) atoms. The van der Waals surface area contributed by atoms with Gasteiger partial charge in [0.25, 0.3) is 0 Å². The van der Waals surface area contributed by atoms with Gasteiger partial charge in [-0.2, -0.15) is 10.4 Å². The van der Waals surface area contributed by atoms with Crippen molar-refractivity contribution >= 4 is 11.9 Å². The molecule has 0 fully saturated rings. The number of hydrogen-bond donors (Lipinski definition) is 1. The van der Waals surface area contributed by atoms with E-state index in [9.17, 15) is 0 Å². The van der Waals surface area contributed by atoms with Gasteiger partial charge >= 0.3 is 59.1 Å². The summed E-state index contributed by atoms with van der Waals surface area (Å²) < 4.78 is 0. The van der Waals surface area contributed by atoms with Crippen LogP contribution in [0.5, 0.6) is 0 Å². The van der Waals surface area contributed by atoms with Crippen LogP contribution < -0.4 is 64.2 Å². The third kappa shape index (κ3) is 12.4. The molecule has 0 spiro atoms. The van der Waals surface area contributed by atoms with Crippen LogP contribution in [-0.4, -0.2) is 63.5 Å². The second-order valence-electron chi connectivity index (χ2n) is 1.68. The van der Waals surface area contributed by atoms with Gasteiger partial charge < -0.3 is 27.4 Å². The van der Waals surface area contributed by atoms with Crippen LogP contribution in [0.1, 0.15) is 0 Å². The van der Waals surface area contributed by atoms with E-state index in [1.165, 1.54) is 0 Å². The summed E-state index contributed by atoms with van der Waals surface area (Å²) >= 11 is 0. The van der Waals surface area contributed by atoms with E-state index in [-0.39, 0.29) is 98.4 Å². The zero-order chi connectivity index (χ0) is 8.93.